The van der Waals surface area contributed by atoms with E-state index in [4.69, 9.17) is 0 Å². The summed E-state index contributed by atoms with van der Waals surface area (Å²) < 4.78 is 1.10. The fourth-order valence-electron chi connectivity index (χ4n) is 1.12. The Morgan fingerprint density at radius 1 is 1.67 bits per heavy atom. The van der Waals surface area contributed by atoms with Crippen LogP contribution in [0.1, 0.15) is 18.7 Å². The molecule has 0 aliphatic heterocycles. The summed E-state index contributed by atoms with van der Waals surface area (Å²) in [5, 5.41) is 7.98. The van der Waals surface area contributed by atoms with Crippen LogP contribution in [0.4, 0.5) is 0 Å². The van der Waals surface area contributed by atoms with Crippen molar-refractivity contribution in [3.63, 3.8) is 0 Å². The summed E-state index contributed by atoms with van der Waals surface area (Å²) in [7, 11) is 0. The average Bonchev–Trinajstić information content (AvgIpc) is 2.61. The first-order chi connectivity index (χ1) is 7.15. The number of amides is 1. The van der Waals surface area contributed by atoms with Gasteiger partial charge in [-0.2, -0.15) is 0 Å². The van der Waals surface area contributed by atoms with E-state index in [1.807, 2.05) is 25.3 Å². The predicted molar refractivity (Wildman–Crippen MR) is 67.0 cm³/mol. The Balaban J connectivity index is 2.37. The molecular formula is C10H15BrN2OS. The molecule has 1 aromatic heterocycles. The van der Waals surface area contributed by atoms with Gasteiger partial charge in [0, 0.05) is 22.4 Å². The standard InChI is InChI=1S/C10H15BrN2OS/c1-3-12-10(14)7(2)13-6-9-8(11)4-5-15-9/h4-5,7,13H,3,6H2,1-2H3,(H,12,14). The zero-order valence-corrected chi connectivity index (χ0v) is 11.2. The minimum atomic E-state index is -0.154. The molecule has 0 aliphatic carbocycles. The fourth-order valence-corrected chi connectivity index (χ4v) is 2.56. The SMILES string of the molecule is CCNC(=O)C(C)NCc1sccc1Br. The number of hydrogen-bond acceptors (Lipinski definition) is 3. The summed E-state index contributed by atoms with van der Waals surface area (Å²) in [5.41, 5.74) is 0. The Labute approximate surface area is 102 Å². The van der Waals surface area contributed by atoms with E-state index in [1.165, 1.54) is 4.88 Å². The van der Waals surface area contributed by atoms with Crippen molar-refractivity contribution in [2.75, 3.05) is 6.54 Å². The summed E-state index contributed by atoms with van der Waals surface area (Å²) in [6.45, 7) is 5.18. The Bertz CT molecular complexity index is 327. The van der Waals surface area contributed by atoms with E-state index < -0.39 is 0 Å². The molecular weight excluding hydrogens is 276 g/mol. The molecule has 1 aromatic rings. The number of halogens is 1. The third kappa shape index (κ3) is 3.93. The van der Waals surface area contributed by atoms with Crippen molar-refractivity contribution in [3.8, 4) is 0 Å². The lowest BCUT2D eigenvalue weighted by Gasteiger charge is -2.12. The normalized spacial score (nSPS) is 12.5. The average molecular weight is 291 g/mol. The number of hydrogen-bond donors (Lipinski definition) is 2. The summed E-state index contributed by atoms with van der Waals surface area (Å²) in [6, 6.07) is 1.86. The van der Waals surface area contributed by atoms with E-state index in [2.05, 4.69) is 26.6 Å². The van der Waals surface area contributed by atoms with Crippen LogP contribution in [0, 0.1) is 0 Å². The first kappa shape index (κ1) is 12.7. The lowest BCUT2D eigenvalue weighted by Crippen LogP contribution is -2.41. The molecule has 0 radical (unpaired) electrons. The quantitative estimate of drug-likeness (QED) is 0.872. The van der Waals surface area contributed by atoms with Crippen molar-refractivity contribution in [2.24, 2.45) is 0 Å². The summed E-state index contributed by atoms with van der Waals surface area (Å²) in [5.74, 6) is 0.0465. The second-order valence-corrected chi connectivity index (χ2v) is 5.04. The molecule has 0 fully saturated rings. The Morgan fingerprint density at radius 2 is 2.40 bits per heavy atom. The van der Waals surface area contributed by atoms with Crippen molar-refractivity contribution in [3.05, 3.63) is 20.8 Å². The van der Waals surface area contributed by atoms with Crippen LogP contribution in [0.5, 0.6) is 0 Å². The highest BCUT2D eigenvalue weighted by Gasteiger charge is 2.11. The summed E-state index contributed by atoms with van der Waals surface area (Å²) in [4.78, 5) is 12.6. The second-order valence-electron chi connectivity index (χ2n) is 3.19. The maximum absolute atomic E-state index is 11.4. The lowest BCUT2D eigenvalue weighted by molar-refractivity contribution is -0.122. The van der Waals surface area contributed by atoms with Gasteiger partial charge < -0.3 is 10.6 Å². The highest BCUT2D eigenvalue weighted by atomic mass is 79.9. The number of rotatable bonds is 5. The molecule has 0 saturated heterocycles. The molecule has 1 unspecified atom stereocenters. The molecule has 0 bridgehead atoms. The molecule has 0 spiro atoms. The van der Waals surface area contributed by atoms with Crippen LogP contribution in [0.25, 0.3) is 0 Å². The number of nitrogens with one attached hydrogen (secondary N) is 2. The van der Waals surface area contributed by atoms with E-state index in [1.54, 1.807) is 11.3 Å². The molecule has 1 amide bonds. The van der Waals surface area contributed by atoms with Gasteiger partial charge in [0.15, 0.2) is 0 Å². The van der Waals surface area contributed by atoms with Crippen LogP contribution in [0.15, 0.2) is 15.9 Å². The van der Waals surface area contributed by atoms with E-state index in [9.17, 15) is 4.79 Å². The molecule has 1 atom stereocenters. The first-order valence-corrected chi connectivity index (χ1v) is 6.55. The largest absolute Gasteiger partial charge is 0.355 e. The fraction of sp³-hybridized carbons (Fsp3) is 0.500. The van der Waals surface area contributed by atoms with E-state index in [0.717, 1.165) is 11.0 Å². The number of likely N-dealkylation sites (N-methyl/N-ethyl adjacent to an activating group) is 1. The van der Waals surface area contributed by atoms with Gasteiger partial charge in [0.05, 0.1) is 6.04 Å². The van der Waals surface area contributed by atoms with Crippen LogP contribution in [0.3, 0.4) is 0 Å². The monoisotopic (exact) mass is 290 g/mol. The summed E-state index contributed by atoms with van der Waals surface area (Å²) in [6.07, 6.45) is 0. The maximum atomic E-state index is 11.4. The highest BCUT2D eigenvalue weighted by molar-refractivity contribution is 9.10. The third-order valence-electron chi connectivity index (χ3n) is 2.00. The van der Waals surface area contributed by atoms with Crippen molar-refractivity contribution >= 4 is 33.2 Å². The van der Waals surface area contributed by atoms with Gasteiger partial charge in [-0.15, -0.1) is 11.3 Å². The Morgan fingerprint density at radius 3 is 2.93 bits per heavy atom. The van der Waals surface area contributed by atoms with Crippen molar-refractivity contribution in [1.82, 2.24) is 10.6 Å². The van der Waals surface area contributed by atoms with Crippen LogP contribution < -0.4 is 10.6 Å². The smallest absolute Gasteiger partial charge is 0.236 e. The molecule has 5 heteroatoms. The Hall–Kier alpha value is -0.390. The van der Waals surface area contributed by atoms with Crippen molar-refractivity contribution in [2.45, 2.75) is 26.4 Å². The second kappa shape index (κ2) is 6.25. The van der Waals surface area contributed by atoms with Gasteiger partial charge in [0.2, 0.25) is 5.91 Å². The van der Waals surface area contributed by atoms with Crippen molar-refractivity contribution < 1.29 is 4.79 Å². The van der Waals surface area contributed by atoms with Gasteiger partial charge in [0.1, 0.15) is 0 Å². The topological polar surface area (TPSA) is 41.1 Å². The van der Waals surface area contributed by atoms with E-state index >= 15 is 0 Å². The highest BCUT2D eigenvalue weighted by Crippen LogP contribution is 2.22. The zero-order valence-electron chi connectivity index (χ0n) is 8.84. The molecule has 1 heterocycles. The van der Waals surface area contributed by atoms with Crippen molar-refractivity contribution in [1.29, 1.82) is 0 Å². The molecule has 84 valence electrons. The minimum Gasteiger partial charge on any atom is -0.355 e. The molecule has 0 aromatic carbocycles. The molecule has 15 heavy (non-hydrogen) atoms. The lowest BCUT2D eigenvalue weighted by atomic mass is 10.3. The summed E-state index contributed by atoms with van der Waals surface area (Å²) >= 11 is 5.13. The van der Waals surface area contributed by atoms with Gasteiger partial charge >= 0.3 is 0 Å². The molecule has 2 N–H and O–H groups in total. The zero-order chi connectivity index (χ0) is 11.3. The van der Waals surface area contributed by atoms with Crippen LogP contribution in [-0.2, 0) is 11.3 Å². The van der Waals surface area contributed by atoms with Gasteiger partial charge in [0.25, 0.3) is 0 Å². The molecule has 0 saturated carbocycles. The predicted octanol–water partition coefficient (Wildman–Crippen LogP) is 2.12. The van der Waals surface area contributed by atoms with E-state index in [-0.39, 0.29) is 11.9 Å². The molecule has 0 aliphatic rings. The first-order valence-electron chi connectivity index (χ1n) is 4.88. The number of carbonyl (C=O) groups excluding carboxylic acids is 1. The van der Waals surface area contributed by atoms with Crippen LogP contribution in [0.2, 0.25) is 0 Å². The van der Waals surface area contributed by atoms with Gasteiger partial charge in [-0.25, -0.2) is 0 Å². The van der Waals surface area contributed by atoms with Crippen LogP contribution in [-0.4, -0.2) is 18.5 Å². The van der Waals surface area contributed by atoms with Crippen LogP contribution >= 0.6 is 27.3 Å². The van der Waals surface area contributed by atoms with Gasteiger partial charge in [-0.1, -0.05) is 0 Å². The Kier molecular flexibility index (Phi) is 5.28. The van der Waals surface area contributed by atoms with Gasteiger partial charge in [-0.3, -0.25) is 4.79 Å². The molecule has 1 rings (SSSR count). The molecule has 3 nitrogen and oxygen atoms in total. The van der Waals surface area contributed by atoms with E-state index in [0.29, 0.717) is 6.54 Å². The maximum Gasteiger partial charge on any atom is 0.236 e. The minimum absolute atomic E-state index is 0.0465. The number of thiophene rings is 1. The van der Waals surface area contributed by atoms with Gasteiger partial charge in [-0.05, 0) is 41.2 Å². The number of carbonyl (C=O) groups is 1. The third-order valence-corrected chi connectivity index (χ3v) is 3.93.